The lowest BCUT2D eigenvalue weighted by Gasteiger charge is -2.17. The lowest BCUT2D eigenvalue weighted by Crippen LogP contribution is -2.16. The minimum atomic E-state index is -4.61. The molecule has 0 aromatic carbocycles. The molecule has 1 fully saturated rings. The second kappa shape index (κ2) is 5.04. The van der Waals surface area contributed by atoms with E-state index in [0.717, 1.165) is 12.3 Å². The van der Waals surface area contributed by atoms with Gasteiger partial charge in [-0.2, -0.15) is 13.2 Å². The summed E-state index contributed by atoms with van der Waals surface area (Å²) in [6.45, 7) is 0.402. The van der Waals surface area contributed by atoms with E-state index in [2.05, 4.69) is 4.98 Å². The molecule has 0 aliphatic carbocycles. The third-order valence-corrected chi connectivity index (χ3v) is 2.71. The van der Waals surface area contributed by atoms with Crippen LogP contribution < -0.4 is 5.32 Å². The highest BCUT2D eigenvalue weighted by Crippen LogP contribution is 2.38. The van der Waals surface area contributed by atoms with Crippen LogP contribution in [0.25, 0.3) is 0 Å². The van der Waals surface area contributed by atoms with Crippen LogP contribution in [0.15, 0.2) is 12.3 Å². The highest BCUT2D eigenvalue weighted by Gasteiger charge is 2.37. The minimum absolute atomic E-state index is 0.194. The van der Waals surface area contributed by atoms with Crippen LogP contribution >= 0.6 is 0 Å². The second-order valence-electron chi connectivity index (χ2n) is 4.09. The molecule has 2 N–H and O–H groups in total. The van der Waals surface area contributed by atoms with E-state index in [9.17, 15) is 18.0 Å². The fourth-order valence-electron chi connectivity index (χ4n) is 1.94. The molecular formula is C11H11F3N2O3. The number of ether oxygens (including phenoxy) is 1. The zero-order valence-electron chi connectivity index (χ0n) is 9.70. The summed E-state index contributed by atoms with van der Waals surface area (Å²) in [6, 6.07) is 0.734. The number of amides is 1. The average Bonchev–Trinajstić information content (AvgIpc) is 2.80. The summed E-state index contributed by atoms with van der Waals surface area (Å²) in [4.78, 5) is 14.1. The number of hydrogen-bond donors (Lipinski definition) is 2. The van der Waals surface area contributed by atoms with Crippen LogP contribution in [0.4, 0.5) is 23.7 Å². The molecule has 19 heavy (non-hydrogen) atoms. The van der Waals surface area contributed by atoms with Crippen molar-refractivity contribution in [3.8, 4) is 0 Å². The van der Waals surface area contributed by atoms with Crippen LogP contribution in [0.3, 0.4) is 0 Å². The van der Waals surface area contributed by atoms with Crippen LogP contribution in [0, 0.1) is 0 Å². The van der Waals surface area contributed by atoms with Gasteiger partial charge in [0, 0.05) is 6.61 Å². The molecule has 0 spiro atoms. The van der Waals surface area contributed by atoms with Crippen molar-refractivity contribution in [1.29, 1.82) is 0 Å². The summed E-state index contributed by atoms with van der Waals surface area (Å²) < 4.78 is 44.0. The number of carbonyl (C=O) groups is 1. The van der Waals surface area contributed by atoms with Crippen molar-refractivity contribution in [3.05, 3.63) is 23.5 Å². The maximum absolute atomic E-state index is 12.9. The van der Waals surface area contributed by atoms with E-state index in [1.807, 2.05) is 5.32 Å². The van der Waals surface area contributed by atoms with E-state index in [1.54, 1.807) is 0 Å². The zero-order valence-corrected chi connectivity index (χ0v) is 9.70. The predicted octanol–water partition coefficient (Wildman–Crippen LogP) is 3.04. The number of rotatable bonds is 2. The van der Waals surface area contributed by atoms with E-state index >= 15 is 0 Å². The monoisotopic (exact) mass is 276 g/mol. The Balaban J connectivity index is 2.39. The standard InChI is InChI=1S/C11H11F3N2O3/c12-11(13,14)7-4-6(16-10(17)18)5-15-9(7)8-2-1-3-19-8/h4-5,8,16H,1-3H2,(H,17,18). The lowest BCUT2D eigenvalue weighted by molar-refractivity contribution is -0.139. The number of hydrogen-bond acceptors (Lipinski definition) is 3. The number of carboxylic acid groups (broad SMARTS) is 1. The molecule has 1 atom stereocenters. The van der Waals surface area contributed by atoms with Gasteiger partial charge in [-0.15, -0.1) is 0 Å². The summed E-state index contributed by atoms with van der Waals surface area (Å²) in [6.07, 6.45) is -4.53. The molecule has 1 aliphatic heterocycles. The normalized spacial score (nSPS) is 19.4. The Hall–Kier alpha value is -1.83. The molecule has 2 rings (SSSR count). The molecule has 0 bridgehead atoms. The quantitative estimate of drug-likeness (QED) is 0.870. The summed E-state index contributed by atoms with van der Waals surface area (Å²) >= 11 is 0. The molecule has 0 saturated carbocycles. The molecule has 1 amide bonds. The van der Waals surface area contributed by atoms with Crippen molar-refractivity contribution in [2.24, 2.45) is 0 Å². The Morgan fingerprint density at radius 2 is 2.26 bits per heavy atom. The third kappa shape index (κ3) is 3.14. The van der Waals surface area contributed by atoms with Gasteiger partial charge in [-0.05, 0) is 18.9 Å². The Bertz CT molecular complexity index is 485. The molecule has 1 aromatic heterocycles. The van der Waals surface area contributed by atoms with Crippen LogP contribution in [0.5, 0.6) is 0 Å². The van der Waals surface area contributed by atoms with Crippen molar-refractivity contribution in [2.75, 3.05) is 11.9 Å². The van der Waals surface area contributed by atoms with E-state index in [-0.39, 0.29) is 11.4 Å². The maximum Gasteiger partial charge on any atom is 0.418 e. The van der Waals surface area contributed by atoms with Gasteiger partial charge < -0.3 is 9.84 Å². The van der Waals surface area contributed by atoms with Gasteiger partial charge in [0.05, 0.1) is 23.1 Å². The molecular weight excluding hydrogens is 265 g/mol. The van der Waals surface area contributed by atoms with Gasteiger partial charge in [0.2, 0.25) is 0 Å². The van der Waals surface area contributed by atoms with Crippen molar-refractivity contribution in [2.45, 2.75) is 25.1 Å². The number of alkyl halides is 3. The van der Waals surface area contributed by atoms with Gasteiger partial charge in [-0.1, -0.05) is 0 Å². The van der Waals surface area contributed by atoms with Gasteiger partial charge in [0.1, 0.15) is 6.10 Å². The zero-order chi connectivity index (χ0) is 14.0. The van der Waals surface area contributed by atoms with Crippen LogP contribution in [0.1, 0.15) is 30.2 Å². The molecule has 104 valence electrons. The Labute approximate surface area is 106 Å². The van der Waals surface area contributed by atoms with Crippen LogP contribution in [0.2, 0.25) is 0 Å². The summed E-state index contributed by atoms with van der Waals surface area (Å²) in [5.74, 6) is 0. The largest absolute Gasteiger partial charge is 0.465 e. The fourth-order valence-corrected chi connectivity index (χ4v) is 1.94. The summed E-state index contributed by atoms with van der Waals surface area (Å²) in [7, 11) is 0. The van der Waals surface area contributed by atoms with Gasteiger partial charge in [0.15, 0.2) is 0 Å². The first-order valence-electron chi connectivity index (χ1n) is 5.56. The van der Waals surface area contributed by atoms with Crippen LogP contribution in [-0.4, -0.2) is 22.8 Å². The summed E-state index contributed by atoms with van der Waals surface area (Å²) in [5.41, 5.74) is -1.38. The molecule has 1 aliphatic rings. The number of aromatic nitrogens is 1. The Morgan fingerprint density at radius 1 is 1.53 bits per heavy atom. The van der Waals surface area contributed by atoms with Crippen LogP contribution in [-0.2, 0) is 10.9 Å². The van der Waals surface area contributed by atoms with Crippen molar-refractivity contribution >= 4 is 11.8 Å². The third-order valence-electron chi connectivity index (χ3n) is 2.71. The number of nitrogens with one attached hydrogen (secondary N) is 1. The highest BCUT2D eigenvalue weighted by molar-refractivity contribution is 5.82. The Kier molecular flexibility index (Phi) is 3.61. The number of nitrogens with zero attached hydrogens (tertiary/aromatic N) is 1. The van der Waals surface area contributed by atoms with Gasteiger partial charge in [-0.3, -0.25) is 10.3 Å². The van der Waals surface area contributed by atoms with Crippen molar-refractivity contribution in [1.82, 2.24) is 4.98 Å². The number of pyridine rings is 1. The van der Waals surface area contributed by atoms with Crippen molar-refractivity contribution in [3.63, 3.8) is 0 Å². The molecule has 5 nitrogen and oxygen atoms in total. The van der Waals surface area contributed by atoms with E-state index in [1.165, 1.54) is 0 Å². The molecule has 0 radical (unpaired) electrons. The molecule has 1 unspecified atom stereocenters. The maximum atomic E-state index is 12.9. The minimum Gasteiger partial charge on any atom is -0.465 e. The predicted molar refractivity (Wildman–Crippen MR) is 58.8 cm³/mol. The van der Waals surface area contributed by atoms with Gasteiger partial charge in [-0.25, -0.2) is 4.79 Å². The van der Waals surface area contributed by atoms with E-state index in [4.69, 9.17) is 9.84 Å². The van der Waals surface area contributed by atoms with E-state index in [0.29, 0.717) is 19.4 Å². The highest BCUT2D eigenvalue weighted by atomic mass is 19.4. The molecule has 1 saturated heterocycles. The fraction of sp³-hybridized carbons (Fsp3) is 0.455. The smallest absolute Gasteiger partial charge is 0.418 e. The number of anilines is 1. The van der Waals surface area contributed by atoms with Gasteiger partial charge >= 0.3 is 12.3 Å². The first kappa shape index (κ1) is 13.6. The number of halogens is 3. The lowest BCUT2D eigenvalue weighted by atomic mass is 10.1. The molecule has 1 aromatic rings. The molecule has 2 heterocycles. The average molecular weight is 276 g/mol. The SMILES string of the molecule is O=C(O)Nc1cnc(C2CCCO2)c(C(F)(F)F)c1. The Morgan fingerprint density at radius 3 is 2.79 bits per heavy atom. The van der Waals surface area contributed by atoms with Crippen molar-refractivity contribution < 1.29 is 27.8 Å². The molecule has 8 heteroatoms. The first-order valence-corrected chi connectivity index (χ1v) is 5.56. The summed E-state index contributed by atoms with van der Waals surface area (Å²) in [5, 5.41) is 10.3. The van der Waals surface area contributed by atoms with E-state index < -0.39 is 23.9 Å². The topological polar surface area (TPSA) is 71.5 Å². The second-order valence-corrected chi connectivity index (χ2v) is 4.09. The van der Waals surface area contributed by atoms with Gasteiger partial charge in [0.25, 0.3) is 0 Å². The first-order chi connectivity index (χ1) is 8.88.